The Morgan fingerprint density at radius 2 is 2.15 bits per heavy atom. The molecule has 0 bridgehead atoms. The first-order chi connectivity index (χ1) is 13.2. The molecule has 1 spiro atoms. The molecule has 3 aromatic rings. The fraction of sp³-hybridized carbons (Fsp3) is 0.222. The monoisotopic (exact) mass is 382 g/mol. The minimum atomic E-state index is -1.11. The van der Waals surface area contributed by atoms with Gasteiger partial charge < -0.3 is 14.6 Å². The van der Waals surface area contributed by atoms with Gasteiger partial charge in [0.1, 0.15) is 12.3 Å². The molecule has 5 rings (SSSR count). The van der Waals surface area contributed by atoms with Crippen molar-refractivity contribution in [3.8, 4) is 17.1 Å². The Morgan fingerprint density at radius 3 is 3.00 bits per heavy atom. The van der Waals surface area contributed by atoms with Crippen molar-refractivity contribution in [2.75, 3.05) is 6.61 Å². The first kappa shape index (κ1) is 16.0. The summed E-state index contributed by atoms with van der Waals surface area (Å²) in [6.07, 6.45) is 0.370. The highest BCUT2D eigenvalue weighted by Crippen LogP contribution is 2.41. The van der Waals surface area contributed by atoms with Crippen molar-refractivity contribution in [2.45, 2.75) is 18.5 Å². The standard InChI is InChI=1S/C18H14N4O4S/c23-16-18(6-7-25-13-4-2-1-3-12(13)18)20-17(24)22(16)9-14-19-15(21-26-14)11-5-8-27-10-11/h1-5,8,10H,6-7,9H2,(H,20,24)/t18-/m1/s1. The van der Waals surface area contributed by atoms with E-state index in [9.17, 15) is 9.59 Å². The second-order valence-electron chi connectivity index (χ2n) is 6.35. The molecule has 2 aromatic heterocycles. The second kappa shape index (κ2) is 5.92. The fourth-order valence-electron chi connectivity index (χ4n) is 3.48. The van der Waals surface area contributed by atoms with Gasteiger partial charge in [0, 0.05) is 22.9 Å². The van der Waals surface area contributed by atoms with Crippen LogP contribution in [0.5, 0.6) is 5.75 Å². The molecule has 8 nitrogen and oxygen atoms in total. The number of amides is 3. The maximum atomic E-state index is 13.2. The van der Waals surface area contributed by atoms with Crippen LogP contribution >= 0.6 is 11.3 Å². The van der Waals surface area contributed by atoms with Gasteiger partial charge in [0.05, 0.1) is 6.61 Å². The molecule has 27 heavy (non-hydrogen) atoms. The molecule has 9 heteroatoms. The Hall–Kier alpha value is -3.20. The summed E-state index contributed by atoms with van der Waals surface area (Å²) in [5.74, 6) is 0.914. The lowest BCUT2D eigenvalue weighted by molar-refractivity contribution is -0.133. The minimum absolute atomic E-state index is 0.0768. The summed E-state index contributed by atoms with van der Waals surface area (Å²) in [7, 11) is 0. The first-order valence-electron chi connectivity index (χ1n) is 8.39. The number of hydrogen-bond donors (Lipinski definition) is 1. The summed E-state index contributed by atoms with van der Waals surface area (Å²) in [4.78, 5) is 31.2. The van der Waals surface area contributed by atoms with E-state index >= 15 is 0 Å². The quantitative estimate of drug-likeness (QED) is 0.699. The summed E-state index contributed by atoms with van der Waals surface area (Å²) in [5.41, 5.74) is 0.394. The Balaban J connectivity index is 1.44. The number of benzene rings is 1. The van der Waals surface area contributed by atoms with Crippen LogP contribution in [-0.4, -0.2) is 33.6 Å². The minimum Gasteiger partial charge on any atom is -0.493 e. The molecule has 3 amide bonds. The van der Waals surface area contributed by atoms with Crippen LogP contribution in [0.1, 0.15) is 17.9 Å². The number of carbonyl (C=O) groups is 2. The van der Waals surface area contributed by atoms with Gasteiger partial charge in [-0.2, -0.15) is 16.3 Å². The van der Waals surface area contributed by atoms with E-state index in [1.54, 1.807) is 12.1 Å². The third kappa shape index (κ3) is 2.42. The van der Waals surface area contributed by atoms with Crippen molar-refractivity contribution in [3.63, 3.8) is 0 Å². The van der Waals surface area contributed by atoms with Crippen molar-refractivity contribution in [3.05, 3.63) is 52.5 Å². The molecule has 0 radical (unpaired) electrons. The molecule has 1 saturated heterocycles. The van der Waals surface area contributed by atoms with Gasteiger partial charge in [-0.3, -0.25) is 9.69 Å². The van der Waals surface area contributed by atoms with Crippen molar-refractivity contribution >= 4 is 23.3 Å². The number of nitrogens with one attached hydrogen (secondary N) is 1. The lowest BCUT2D eigenvalue weighted by Gasteiger charge is -2.33. The van der Waals surface area contributed by atoms with Crippen LogP contribution in [0.2, 0.25) is 0 Å². The van der Waals surface area contributed by atoms with Crippen LogP contribution in [-0.2, 0) is 16.9 Å². The number of hydrogen-bond acceptors (Lipinski definition) is 7. The summed E-state index contributed by atoms with van der Waals surface area (Å²) < 4.78 is 10.9. The van der Waals surface area contributed by atoms with Gasteiger partial charge >= 0.3 is 6.03 Å². The third-order valence-corrected chi connectivity index (χ3v) is 5.48. The van der Waals surface area contributed by atoms with Gasteiger partial charge in [0.25, 0.3) is 5.91 Å². The number of carbonyl (C=O) groups excluding carboxylic acids is 2. The Labute approximate surface area is 157 Å². The van der Waals surface area contributed by atoms with Gasteiger partial charge in [0.15, 0.2) is 5.54 Å². The van der Waals surface area contributed by atoms with Crippen LogP contribution in [0.4, 0.5) is 4.79 Å². The smallest absolute Gasteiger partial charge is 0.325 e. The molecule has 136 valence electrons. The van der Waals surface area contributed by atoms with Crippen molar-refractivity contribution in [1.82, 2.24) is 20.4 Å². The zero-order valence-electron chi connectivity index (χ0n) is 14.0. The molecule has 0 unspecified atom stereocenters. The number of urea groups is 1. The van der Waals surface area contributed by atoms with Gasteiger partial charge in [0.2, 0.25) is 11.7 Å². The van der Waals surface area contributed by atoms with E-state index in [1.807, 2.05) is 29.0 Å². The number of aromatic nitrogens is 2. The Bertz CT molecular complexity index is 1030. The highest BCUT2D eigenvalue weighted by molar-refractivity contribution is 7.08. The number of nitrogens with zero attached hydrogens (tertiary/aromatic N) is 3. The predicted molar refractivity (Wildman–Crippen MR) is 94.9 cm³/mol. The molecule has 1 N–H and O–H groups in total. The van der Waals surface area contributed by atoms with E-state index in [0.717, 1.165) is 10.5 Å². The van der Waals surface area contributed by atoms with E-state index in [0.29, 0.717) is 30.2 Å². The SMILES string of the molecule is O=C1N[C@@]2(CCOc3ccccc32)C(=O)N1Cc1nc(-c2ccsc2)no1. The number of ether oxygens (including phenoxy) is 1. The van der Waals surface area contributed by atoms with E-state index in [1.165, 1.54) is 11.3 Å². The largest absolute Gasteiger partial charge is 0.493 e. The summed E-state index contributed by atoms with van der Waals surface area (Å²) in [5, 5.41) is 10.6. The summed E-state index contributed by atoms with van der Waals surface area (Å²) >= 11 is 1.52. The molecule has 0 aliphatic carbocycles. The first-order valence-corrected chi connectivity index (χ1v) is 9.33. The zero-order valence-corrected chi connectivity index (χ0v) is 14.9. The maximum absolute atomic E-state index is 13.2. The van der Waals surface area contributed by atoms with Gasteiger partial charge in [-0.05, 0) is 17.5 Å². The molecule has 1 aromatic carbocycles. The fourth-order valence-corrected chi connectivity index (χ4v) is 4.11. The molecule has 4 heterocycles. The van der Waals surface area contributed by atoms with Crippen LogP contribution in [0.15, 0.2) is 45.6 Å². The molecular weight excluding hydrogens is 368 g/mol. The topological polar surface area (TPSA) is 97.6 Å². The normalized spacial score (nSPS) is 21.3. The van der Waals surface area contributed by atoms with Crippen molar-refractivity contribution < 1.29 is 18.8 Å². The van der Waals surface area contributed by atoms with Crippen LogP contribution in [0, 0.1) is 0 Å². The van der Waals surface area contributed by atoms with Gasteiger partial charge in [-0.25, -0.2) is 4.79 Å². The van der Waals surface area contributed by atoms with Crippen LogP contribution in [0.25, 0.3) is 11.4 Å². The van der Waals surface area contributed by atoms with E-state index < -0.39 is 11.6 Å². The van der Waals surface area contributed by atoms with Crippen molar-refractivity contribution in [1.29, 1.82) is 0 Å². The van der Waals surface area contributed by atoms with E-state index in [2.05, 4.69) is 15.5 Å². The Kier molecular flexibility index (Phi) is 3.51. The van der Waals surface area contributed by atoms with Crippen LogP contribution in [0.3, 0.4) is 0 Å². The van der Waals surface area contributed by atoms with E-state index in [4.69, 9.17) is 9.26 Å². The highest BCUT2D eigenvalue weighted by Gasteiger charge is 2.55. The lowest BCUT2D eigenvalue weighted by atomic mass is 9.84. The molecule has 2 aliphatic heterocycles. The second-order valence-corrected chi connectivity index (χ2v) is 7.13. The molecular formula is C18H14N4O4S. The Morgan fingerprint density at radius 1 is 1.26 bits per heavy atom. The third-order valence-electron chi connectivity index (χ3n) is 4.80. The zero-order chi connectivity index (χ0) is 18.4. The maximum Gasteiger partial charge on any atom is 0.325 e. The van der Waals surface area contributed by atoms with Crippen LogP contribution < -0.4 is 10.1 Å². The lowest BCUT2D eigenvalue weighted by Crippen LogP contribution is -2.47. The highest BCUT2D eigenvalue weighted by atomic mass is 32.1. The molecule has 1 fully saturated rings. The molecule has 1 atom stereocenters. The molecule has 2 aliphatic rings. The number of imide groups is 1. The van der Waals surface area contributed by atoms with E-state index in [-0.39, 0.29) is 18.3 Å². The average Bonchev–Trinajstić information content (AvgIpc) is 3.40. The number of fused-ring (bicyclic) bond motifs is 2. The van der Waals surface area contributed by atoms with Gasteiger partial charge in [-0.15, -0.1) is 0 Å². The van der Waals surface area contributed by atoms with Gasteiger partial charge in [-0.1, -0.05) is 23.4 Å². The number of thiophene rings is 1. The number of para-hydroxylation sites is 1. The molecule has 0 saturated carbocycles. The van der Waals surface area contributed by atoms with Crippen molar-refractivity contribution in [2.24, 2.45) is 0 Å². The average molecular weight is 382 g/mol. The summed E-state index contributed by atoms with van der Waals surface area (Å²) in [6, 6.07) is 8.65. The number of rotatable bonds is 3. The predicted octanol–water partition coefficient (Wildman–Crippen LogP) is 2.53. The summed E-state index contributed by atoms with van der Waals surface area (Å²) in [6.45, 7) is 0.270.